The predicted octanol–water partition coefficient (Wildman–Crippen LogP) is 3.08. The zero-order valence-electron chi connectivity index (χ0n) is 9.82. The summed E-state index contributed by atoms with van der Waals surface area (Å²) in [4.78, 5) is 12.6. The van der Waals surface area contributed by atoms with Crippen LogP contribution >= 0.6 is 11.3 Å². The number of Topliss-reactive ketones (excluding diaryl/α,β-unsaturated/α-hetero) is 1. The van der Waals surface area contributed by atoms with Gasteiger partial charge in [-0.3, -0.25) is 4.79 Å². The minimum Gasteiger partial charge on any atom is -0.319 e. The second-order valence-corrected chi connectivity index (χ2v) is 5.70. The number of benzene rings is 1. The molecule has 0 spiro atoms. The molecule has 3 heteroatoms. The monoisotopic (exact) mass is 245 g/mol. The lowest BCUT2D eigenvalue weighted by Gasteiger charge is -2.12. The predicted molar refractivity (Wildman–Crippen MR) is 71.7 cm³/mol. The topological polar surface area (TPSA) is 29.1 Å². The smallest absolute Gasteiger partial charge is 0.171 e. The number of carbonyl (C=O) groups is 1. The van der Waals surface area contributed by atoms with Gasteiger partial charge >= 0.3 is 0 Å². The maximum Gasteiger partial charge on any atom is 0.171 e. The Hall–Kier alpha value is -1.19. The van der Waals surface area contributed by atoms with Crippen molar-refractivity contribution in [3.05, 3.63) is 35.2 Å². The summed E-state index contributed by atoms with van der Waals surface area (Å²) in [6.07, 6.45) is 2.05. The molecule has 2 aromatic rings. The zero-order chi connectivity index (χ0) is 11.9. The molecule has 1 aromatic carbocycles. The zero-order valence-corrected chi connectivity index (χ0v) is 10.6. The van der Waals surface area contributed by atoms with Crippen LogP contribution < -0.4 is 5.32 Å². The fourth-order valence-corrected chi connectivity index (χ4v) is 3.35. The average Bonchev–Trinajstić information content (AvgIpc) is 3.01. The van der Waals surface area contributed by atoms with Crippen molar-refractivity contribution in [2.75, 3.05) is 13.6 Å². The first kappa shape index (κ1) is 10.9. The Balaban J connectivity index is 2.02. The Kier molecular flexibility index (Phi) is 2.53. The van der Waals surface area contributed by atoms with E-state index in [9.17, 15) is 4.79 Å². The van der Waals surface area contributed by atoms with E-state index in [-0.39, 0.29) is 5.41 Å². The van der Waals surface area contributed by atoms with Crippen molar-refractivity contribution in [1.29, 1.82) is 0 Å². The van der Waals surface area contributed by atoms with Crippen LogP contribution in [0.1, 0.15) is 23.2 Å². The van der Waals surface area contributed by atoms with Crippen LogP contribution in [0.3, 0.4) is 0 Å². The summed E-state index contributed by atoms with van der Waals surface area (Å²) >= 11 is 1.66. The van der Waals surface area contributed by atoms with Gasteiger partial charge in [0.15, 0.2) is 5.78 Å². The van der Waals surface area contributed by atoms with Crippen LogP contribution in [0.4, 0.5) is 0 Å². The van der Waals surface area contributed by atoms with Gasteiger partial charge < -0.3 is 5.32 Å². The molecule has 1 fully saturated rings. The van der Waals surface area contributed by atoms with Gasteiger partial charge in [-0.05, 0) is 26.0 Å². The molecule has 0 aliphatic heterocycles. The SMILES string of the molecule is CNCC1(C(=O)c2csc3ccccc23)CC1. The highest BCUT2D eigenvalue weighted by atomic mass is 32.1. The van der Waals surface area contributed by atoms with Gasteiger partial charge in [0.05, 0.1) is 0 Å². The molecule has 0 amide bonds. The van der Waals surface area contributed by atoms with Gasteiger partial charge in [0.25, 0.3) is 0 Å². The second-order valence-electron chi connectivity index (χ2n) is 4.79. The van der Waals surface area contributed by atoms with Gasteiger partial charge in [0.2, 0.25) is 0 Å². The standard InChI is InChI=1S/C14H15NOS/c1-15-9-14(6-7-14)13(16)11-8-17-12-5-3-2-4-10(11)12/h2-5,8,15H,6-7,9H2,1H3. The molecular weight excluding hydrogens is 230 g/mol. The summed E-state index contributed by atoms with van der Waals surface area (Å²) in [5, 5.41) is 6.28. The third kappa shape index (κ3) is 1.70. The van der Waals surface area contributed by atoms with E-state index in [1.807, 2.05) is 24.6 Å². The molecule has 2 nitrogen and oxygen atoms in total. The molecule has 0 saturated heterocycles. The van der Waals surface area contributed by atoms with E-state index in [4.69, 9.17) is 0 Å². The van der Waals surface area contributed by atoms with Crippen molar-refractivity contribution in [3.63, 3.8) is 0 Å². The lowest BCUT2D eigenvalue weighted by molar-refractivity contribution is 0.0902. The highest BCUT2D eigenvalue weighted by molar-refractivity contribution is 7.17. The molecule has 0 unspecified atom stereocenters. The highest BCUT2D eigenvalue weighted by Gasteiger charge is 2.49. The van der Waals surface area contributed by atoms with E-state index >= 15 is 0 Å². The van der Waals surface area contributed by atoms with Gasteiger partial charge in [-0.25, -0.2) is 0 Å². The van der Waals surface area contributed by atoms with Crippen molar-refractivity contribution in [2.24, 2.45) is 5.41 Å². The summed E-state index contributed by atoms with van der Waals surface area (Å²) in [5.41, 5.74) is 0.803. The first-order valence-electron chi connectivity index (χ1n) is 5.92. The average molecular weight is 245 g/mol. The summed E-state index contributed by atoms with van der Waals surface area (Å²) in [6, 6.07) is 8.15. The molecule has 1 N–H and O–H groups in total. The van der Waals surface area contributed by atoms with Gasteiger partial charge in [-0.2, -0.15) is 0 Å². The van der Waals surface area contributed by atoms with Crippen molar-refractivity contribution in [1.82, 2.24) is 5.32 Å². The number of hydrogen-bond donors (Lipinski definition) is 1. The van der Waals surface area contributed by atoms with E-state index in [2.05, 4.69) is 17.4 Å². The molecule has 1 aromatic heterocycles. The van der Waals surface area contributed by atoms with E-state index in [0.717, 1.165) is 30.3 Å². The fraction of sp³-hybridized carbons (Fsp3) is 0.357. The number of thiophene rings is 1. The van der Waals surface area contributed by atoms with Gasteiger partial charge in [0.1, 0.15) is 0 Å². The highest BCUT2D eigenvalue weighted by Crippen LogP contribution is 2.48. The van der Waals surface area contributed by atoms with Gasteiger partial charge in [0, 0.05) is 33.0 Å². The lowest BCUT2D eigenvalue weighted by atomic mass is 9.94. The third-order valence-corrected chi connectivity index (χ3v) is 4.54. The maximum atomic E-state index is 12.6. The molecule has 3 rings (SSSR count). The summed E-state index contributed by atoms with van der Waals surface area (Å²) < 4.78 is 1.20. The largest absolute Gasteiger partial charge is 0.319 e. The van der Waals surface area contributed by atoms with Crippen LogP contribution in [-0.4, -0.2) is 19.4 Å². The Labute approximate surface area is 105 Å². The van der Waals surface area contributed by atoms with Gasteiger partial charge in [-0.1, -0.05) is 18.2 Å². The molecular formula is C14H15NOS. The first-order chi connectivity index (χ1) is 8.27. The quantitative estimate of drug-likeness (QED) is 0.839. The molecule has 1 heterocycles. The Morgan fingerprint density at radius 2 is 2.18 bits per heavy atom. The third-order valence-electron chi connectivity index (χ3n) is 3.58. The molecule has 88 valence electrons. The number of rotatable bonds is 4. The van der Waals surface area contributed by atoms with Crippen molar-refractivity contribution in [3.8, 4) is 0 Å². The van der Waals surface area contributed by atoms with E-state index < -0.39 is 0 Å². The molecule has 17 heavy (non-hydrogen) atoms. The first-order valence-corrected chi connectivity index (χ1v) is 6.80. The summed E-state index contributed by atoms with van der Waals surface area (Å²) in [6.45, 7) is 0.802. The number of hydrogen-bond acceptors (Lipinski definition) is 3. The molecule has 1 aliphatic rings. The van der Waals surface area contributed by atoms with Crippen LogP contribution in [0.25, 0.3) is 10.1 Å². The number of fused-ring (bicyclic) bond motifs is 1. The molecule has 1 aliphatic carbocycles. The van der Waals surface area contributed by atoms with E-state index in [1.165, 1.54) is 4.70 Å². The molecule has 0 radical (unpaired) electrons. The van der Waals surface area contributed by atoms with Crippen molar-refractivity contribution < 1.29 is 4.79 Å². The van der Waals surface area contributed by atoms with Crippen LogP contribution in [0, 0.1) is 5.41 Å². The van der Waals surface area contributed by atoms with Crippen molar-refractivity contribution in [2.45, 2.75) is 12.8 Å². The van der Waals surface area contributed by atoms with Crippen LogP contribution in [0.5, 0.6) is 0 Å². The lowest BCUT2D eigenvalue weighted by Crippen LogP contribution is -2.27. The summed E-state index contributed by atoms with van der Waals surface area (Å²) in [7, 11) is 1.92. The van der Waals surface area contributed by atoms with Crippen LogP contribution in [0.2, 0.25) is 0 Å². The van der Waals surface area contributed by atoms with Crippen LogP contribution in [0.15, 0.2) is 29.6 Å². The van der Waals surface area contributed by atoms with E-state index in [0.29, 0.717) is 5.78 Å². The van der Waals surface area contributed by atoms with E-state index in [1.54, 1.807) is 11.3 Å². The number of ketones is 1. The maximum absolute atomic E-state index is 12.6. The van der Waals surface area contributed by atoms with Crippen LogP contribution in [-0.2, 0) is 0 Å². The molecule has 1 saturated carbocycles. The second kappa shape index (κ2) is 3.93. The minimum absolute atomic E-state index is 0.113. The molecule has 0 bridgehead atoms. The Morgan fingerprint density at radius 3 is 2.88 bits per heavy atom. The number of nitrogens with one attached hydrogen (secondary N) is 1. The number of carbonyl (C=O) groups excluding carboxylic acids is 1. The fourth-order valence-electron chi connectivity index (χ4n) is 2.41. The summed E-state index contributed by atoms with van der Waals surface area (Å²) in [5.74, 6) is 0.323. The minimum atomic E-state index is -0.113. The Morgan fingerprint density at radius 1 is 1.41 bits per heavy atom. The van der Waals surface area contributed by atoms with Crippen molar-refractivity contribution >= 4 is 27.2 Å². The Bertz CT molecular complexity index is 568. The van der Waals surface area contributed by atoms with Gasteiger partial charge in [-0.15, -0.1) is 11.3 Å². The molecule has 0 atom stereocenters. The normalized spacial score (nSPS) is 17.2.